The summed E-state index contributed by atoms with van der Waals surface area (Å²) >= 11 is 6.43. The molecule has 0 aliphatic heterocycles. The Morgan fingerprint density at radius 1 is 1.00 bits per heavy atom. The van der Waals surface area contributed by atoms with Crippen LogP contribution in [0.3, 0.4) is 0 Å². The minimum atomic E-state index is -0.684. The standard InChI is InChI=1S/C27H19ClF2N2O2/c1-16-26(23(33)14-18-8-2-6-17-7-3-9-20(28)25(17)18)32-13-5-12-24(27(32)31-16)34-15-19-21(29)10-4-11-22(19)30/h2-13H,14-15H2,1H3. The van der Waals surface area contributed by atoms with E-state index in [4.69, 9.17) is 16.3 Å². The molecule has 0 aliphatic rings. The van der Waals surface area contributed by atoms with Gasteiger partial charge in [0.05, 0.1) is 11.3 Å². The second-order valence-electron chi connectivity index (χ2n) is 7.96. The van der Waals surface area contributed by atoms with Gasteiger partial charge in [-0.25, -0.2) is 13.8 Å². The third-order valence-corrected chi connectivity index (χ3v) is 6.09. The predicted octanol–water partition coefficient (Wildman–Crippen LogP) is 6.73. The van der Waals surface area contributed by atoms with E-state index in [2.05, 4.69) is 4.98 Å². The Bertz CT molecular complexity index is 1540. The van der Waals surface area contributed by atoms with E-state index in [-0.39, 0.29) is 24.4 Å². The molecular weight excluding hydrogens is 458 g/mol. The number of ether oxygens (including phenoxy) is 1. The molecule has 3 aromatic carbocycles. The zero-order valence-electron chi connectivity index (χ0n) is 18.2. The molecule has 4 nitrogen and oxygen atoms in total. The SMILES string of the molecule is Cc1nc2c(OCc3c(F)cccc3F)cccn2c1C(=O)Cc1cccc2cccc(Cl)c12. The molecule has 2 aromatic heterocycles. The van der Waals surface area contributed by atoms with Gasteiger partial charge < -0.3 is 4.74 Å². The van der Waals surface area contributed by atoms with E-state index in [1.807, 2.05) is 30.3 Å². The number of ketones is 1. The largest absolute Gasteiger partial charge is 0.485 e. The van der Waals surface area contributed by atoms with Gasteiger partial charge in [0.25, 0.3) is 0 Å². The minimum Gasteiger partial charge on any atom is -0.485 e. The van der Waals surface area contributed by atoms with Crippen LogP contribution in [0.4, 0.5) is 8.78 Å². The van der Waals surface area contributed by atoms with E-state index in [1.165, 1.54) is 18.2 Å². The summed E-state index contributed by atoms with van der Waals surface area (Å²) in [5, 5.41) is 2.40. The number of nitrogens with zero attached hydrogens (tertiary/aromatic N) is 2. The van der Waals surface area contributed by atoms with Crippen molar-refractivity contribution in [3.8, 4) is 5.75 Å². The van der Waals surface area contributed by atoms with Gasteiger partial charge in [0, 0.05) is 23.0 Å². The molecule has 0 aliphatic carbocycles. The van der Waals surface area contributed by atoms with Gasteiger partial charge in [-0.15, -0.1) is 0 Å². The lowest BCUT2D eigenvalue weighted by Gasteiger charge is -2.10. The van der Waals surface area contributed by atoms with E-state index in [0.717, 1.165) is 16.3 Å². The molecule has 34 heavy (non-hydrogen) atoms. The highest BCUT2D eigenvalue weighted by Gasteiger charge is 2.21. The summed E-state index contributed by atoms with van der Waals surface area (Å²) in [6.07, 6.45) is 1.86. The highest BCUT2D eigenvalue weighted by Crippen LogP contribution is 2.29. The molecule has 5 rings (SSSR count). The van der Waals surface area contributed by atoms with Crippen LogP contribution in [0.25, 0.3) is 16.4 Å². The molecule has 0 saturated heterocycles. The Labute approximate surface area is 199 Å². The lowest BCUT2D eigenvalue weighted by molar-refractivity contribution is 0.0987. The van der Waals surface area contributed by atoms with Crippen LogP contribution in [0.5, 0.6) is 5.75 Å². The number of aromatic nitrogens is 2. The zero-order valence-corrected chi connectivity index (χ0v) is 18.9. The molecule has 170 valence electrons. The Morgan fingerprint density at radius 2 is 1.71 bits per heavy atom. The van der Waals surface area contributed by atoms with Crippen molar-refractivity contribution in [2.24, 2.45) is 0 Å². The Hall–Kier alpha value is -3.77. The Balaban J connectivity index is 1.48. The maximum atomic E-state index is 14.0. The van der Waals surface area contributed by atoms with Crippen molar-refractivity contribution in [2.45, 2.75) is 20.0 Å². The van der Waals surface area contributed by atoms with Gasteiger partial charge in [-0.1, -0.05) is 48.0 Å². The number of benzene rings is 3. The highest BCUT2D eigenvalue weighted by molar-refractivity contribution is 6.35. The number of carbonyl (C=O) groups excluding carboxylic acids is 1. The molecule has 0 atom stereocenters. The summed E-state index contributed by atoms with van der Waals surface area (Å²) in [6, 6.07) is 18.4. The number of rotatable bonds is 6. The van der Waals surface area contributed by atoms with Crippen molar-refractivity contribution in [3.05, 3.63) is 112 Å². The fraction of sp³-hybridized carbons (Fsp3) is 0.111. The first-order valence-corrected chi connectivity index (χ1v) is 11.0. The van der Waals surface area contributed by atoms with Crippen LogP contribution >= 0.6 is 11.6 Å². The Kier molecular flexibility index (Phi) is 5.75. The number of aryl methyl sites for hydroxylation is 1. The van der Waals surface area contributed by atoms with Crippen LogP contribution in [-0.2, 0) is 13.0 Å². The third-order valence-electron chi connectivity index (χ3n) is 5.78. The highest BCUT2D eigenvalue weighted by atomic mass is 35.5. The average Bonchev–Trinajstić information content (AvgIpc) is 3.15. The second kappa shape index (κ2) is 8.88. The van der Waals surface area contributed by atoms with E-state index >= 15 is 0 Å². The van der Waals surface area contributed by atoms with Gasteiger partial charge in [-0.2, -0.15) is 0 Å². The van der Waals surface area contributed by atoms with Gasteiger partial charge in [0.2, 0.25) is 0 Å². The smallest absolute Gasteiger partial charge is 0.185 e. The molecule has 0 fully saturated rings. The summed E-state index contributed by atoms with van der Waals surface area (Å²) in [5.41, 5.74) is 2.00. The zero-order chi connectivity index (χ0) is 23.8. The first-order valence-electron chi connectivity index (χ1n) is 10.7. The van der Waals surface area contributed by atoms with Crippen LogP contribution < -0.4 is 4.74 Å². The van der Waals surface area contributed by atoms with Crippen LogP contribution in [-0.4, -0.2) is 15.2 Å². The van der Waals surface area contributed by atoms with Gasteiger partial charge in [-0.05, 0) is 48.2 Å². The van der Waals surface area contributed by atoms with Crippen molar-refractivity contribution in [1.82, 2.24) is 9.38 Å². The van der Waals surface area contributed by atoms with E-state index in [9.17, 15) is 13.6 Å². The van der Waals surface area contributed by atoms with E-state index in [1.54, 1.807) is 35.7 Å². The number of carbonyl (C=O) groups is 1. The molecule has 0 unspecified atom stereocenters. The summed E-state index contributed by atoms with van der Waals surface area (Å²) in [4.78, 5) is 17.9. The van der Waals surface area contributed by atoms with E-state index < -0.39 is 11.6 Å². The van der Waals surface area contributed by atoms with Gasteiger partial charge in [0.15, 0.2) is 17.2 Å². The lowest BCUT2D eigenvalue weighted by atomic mass is 9.99. The maximum Gasteiger partial charge on any atom is 0.185 e. The first-order chi connectivity index (χ1) is 16.4. The number of halogens is 3. The summed E-state index contributed by atoms with van der Waals surface area (Å²) in [6.45, 7) is 1.44. The normalized spacial score (nSPS) is 11.3. The van der Waals surface area contributed by atoms with Crippen molar-refractivity contribution >= 4 is 33.8 Å². The molecule has 0 N–H and O–H groups in total. The monoisotopic (exact) mass is 476 g/mol. The van der Waals surface area contributed by atoms with Gasteiger partial charge in [-0.3, -0.25) is 9.20 Å². The van der Waals surface area contributed by atoms with Crippen LogP contribution in [0.15, 0.2) is 72.9 Å². The molecule has 0 spiro atoms. The Morgan fingerprint density at radius 3 is 2.47 bits per heavy atom. The number of hydrogen-bond acceptors (Lipinski definition) is 3. The quantitative estimate of drug-likeness (QED) is 0.255. The third kappa shape index (κ3) is 3.90. The van der Waals surface area contributed by atoms with Crippen LogP contribution in [0, 0.1) is 18.6 Å². The fourth-order valence-electron chi connectivity index (χ4n) is 4.20. The van der Waals surface area contributed by atoms with Crippen molar-refractivity contribution in [2.75, 3.05) is 0 Å². The molecule has 5 aromatic rings. The first kappa shape index (κ1) is 22.0. The molecule has 0 bridgehead atoms. The van der Waals surface area contributed by atoms with Crippen molar-refractivity contribution in [3.63, 3.8) is 0 Å². The molecule has 2 heterocycles. The molecule has 7 heteroatoms. The van der Waals surface area contributed by atoms with Gasteiger partial charge >= 0.3 is 0 Å². The van der Waals surface area contributed by atoms with Crippen LogP contribution in [0.1, 0.15) is 27.3 Å². The van der Waals surface area contributed by atoms with Crippen LogP contribution in [0.2, 0.25) is 5.02 Å². The summed E-state index contributed by atoms with van der Waals surface area (Å²) in [5.74, 6) is -1.18. The number of pyridine rings is 1. The number of hydrogen-bond donors (Lipinski definition) is 0. The molecular formula is C27H19ClF2N2O2. The van der Waals surface area contributed by atoms with Gasteiger partial charge in [0.1, 0.15) is 23.9 Å². The summed E-state index contributed by atoms with van der Waals surface area (Å²) in [7, 11) is 0. The molecule has 0 saturated carbocycles. The maximum absolute atomic E-state index is 14.0. The predicted molar refractivity (Wildman–Crippen MR) is 128 cm³/mol. The number of imidazole rings is 1. The van der Waals surface area contributed by atoms with Crippen molar-refractivity contribution in [1.29, 1.82) is 0 Å². The lowest BCUT2D eigenvalue weighted by Crippen LogP contribution is -2.09. The van der Waals surface area contributed by atoms with E-state index in [0.29, 0.717) is 27.8 Å². The minimum absolute atomic E-state index is 0.130. The second-order valence-corrected chi connectivity index (χ2v) is 8.36. The number of fused-ring (bicyclic) bond motifs is 2. The summed E-state index contributed by atoms with van der Waals surface area (Å²) < 4.78 is 35.4. The number of Topliss-reactive ketones (excluding diaryl/α,β-unsaturated/α-hetero) is 1. The topological polar surface area (TPSA) is 43.6 Å². The fourth-order valence-corrected chi connectivity index (χ4v) is 4.50. The molecule has 0 amide bonds. The van der Waals surface area contributed by atoms with Crippen molar-refractivity contribution < 1.29 is 18.3 Å². The molecule has 0 radical (unpaired) electrons. The average molecular weight is 477 g/mol.